The van der Waals surface area contributed by atoms with Gasteiger partial charge in [-0.1, -0.05) is 70.9 Å². The number of amides is 1. The van der Waals surface area contributed by atoms with Gasteiger partial charge in [0.05, 0.1) is 16.6 Å². The SMILES string of the molecule is CCN(CC)CCN(C(=O)Cc1cccc(C)c1)c1nc2ccc(Br)cc2s1. The van der Waals surface area contributed by atoms with E-state index in [1.807, 2.05) is 29.2 Å². The lowest BCUT2D eigenvalue weighted by molar-refractivity contribution is -0.118. The minimum absolute atomic E-state index is 0.0934. The first kappa shape index (κ1) is 21.0. The summed E-state index contributed by atoms with van der Waals surface area (Å²) in [6.07, 6.45) is 0.388. The molecule has 0 bridgehead atoms. The number of halogens is 1. The second kappa shape index (κ2) is 9.63. The van der Waals surface area contributed by atoms with Gasteiger partial charge in [-0.2, -0.15) is 0 Å². The number of thiazole rings is 1. The Hall–Kier alpha value is -1.76. The average molecular weight is 460 g/mol. The lowest BCUT2D eigenvalue weighted by atomic mass is 10.1. The molecule has 6 heteroatoms. The summed E-state index contributed by atoms with van der Waals surface area (Å²) in [7, 11) is 0. The molecule has 1 heterocycles. The molecule has 3 aromatic rings. The predicted octanol–water partition coefficient (Wildman–Crippen LogP) is 5.28. The van der Waals surface area contributed by atoms with Crippen molar-refractivity contribution < 1.29 is 4.79 Å². The Bertz CT molecular complexity index is 952. The molecule has 2 aromatic carbocycles. The number of benzene rings is 2. The van der Waals surface area contributed by atoms with Gasteiger partial charge < -0.3 is 4.90 Å². The van der Waals surface area contributed by atoms with Crippen LogP contribution in [0.1, 0.15) is 25.0 Å². The van der Waals surface area contributed by atoms with Gasteiger partial charge in [0.25, 0.3) is 0 Å². The van der Waals surface area contributed by atoms with E-state index in [-0.39, 0.29) is 5.91 Å². The Morgan fingerprint density at radius 1 is 1.11 bits per heavy atom. The molecule has 0 radical (unpaired) electrons. The maximum atomic E-state index is 13.2. The summed E-state index contributed by atoms with van der Waals surface area (Å²) in [5, 5.41) is 0.776. The highest BCUT2D eigenvalue weighted by atomic mass is 79.9. The highest BCUT2D eigenvalue weighted by Gasteiger charge is 2.21. The van der Waals surface area contributed by atoms with E-state index in [1.165, 1.54) is 5.56 Å². The zero-order valence-corrected chi connectivity index (χ0v) is 19.0. The number of aryl methyl sites for hydroxylation is 1. The van der Waals surface area contributed by atoms with E-state index in [2.05, 4.69) is 59.8 Å². The number of rotatable bonds is 8. The minimum Gasteiger partial charge on any atom is -0.302 e. The number of carbonyl (C=O) groups is 1. The lowest BCUT2D eigenvalue weighted by Crippen LogP contribution is -2.39. The van der Waals surface area contributed by atoms with Crippen molar-refractivity contribution in [3.8, 4) is 0 Å². The number of aromatic nitrogens is 1. The summed E-state index contributed by atoms with van der Waals surface area (Å²) in [5.74, 6) is 0.0934. The van der Waals surface area contributed by atoms with Gasteiger partial charge in [0, 0.05) is 17.6 Å². The Morgan fingerprint density at radius 2 is 1.89 bits per heavy atom. The molecule has 0 fully saturated rings. The smallest absolute Gasteiger partial charge is 0.233 e. The van der Waals surface area contributed by atoms with Gasteiger partial charge in [0.1, 0.15) is 0 Å². The fraction of sp³-hybridized carbons (Fsp3) is 0.364. The minimum atomic E-state index is 0.0934. The van der Waals surface area contributed by atoms with Gasteiger partial charge >= 0.3 is 0 Å². The molecule has 0 spiro atoms. The number of nitrogens with zero attached hydrogens (tertiary/aromatic N) is 3. The van der Waals surface area contributed by atoms with Crippen LogP contribution in [0.2, 0.25) is 0 Å². The zero-order chi connectivity index (χ0) is 20.1. The van der Waals surface area contributed by atoms with Gasteiger partial charge in [0.15, 0.2) is 5.13 Å². The van der Waals surface area contributed by atoms with Crippen LogP contribution in [-0.2, 0) is 11.2 Å². The molecule has 0 aliphatic carbocycles. The Labute approximate surface area is 179 Å². The second-order valence-electron chi connectivity index (χ2n) is 6.85. The van der Waals surface area contributed by atoms with E-state index in [0.29, 0.717) is 13.0 Å². The van der Waals surface area contributed by atoms with E-state index >= 15 is 0 Å². The quantitative estimate of drug-likeness (QED) is 0.459. The number of fused-ring (bicyclic) bond motifs is 1. The van der Waals surface area contributed by atoms with Gasteiger partial charge in [0.2, 0.25) is 5.91 Å². The normalized spacial score (nSPS) is 11.3. The number of hydrogen-bond acceptors (Lipinski definition) is 4. The van der Waals surface area contributed by atoms with Crippen LogP contribution in [0.15, 0.2) is 46.9 Å². The first-order valence-electron chi connectivity index (χ1n) is 9.64. The summed E-state index contributed by atoms with van der Waals surface area (Å²) < 4.78 is 2.11. The van der Waals surface area contributed by atoms with Crippen molar-refractivity contribution in [3.63, 3.8) is 0 Å². The summed E-state index contributed by atoms with van der Waals surface area (Å²) in [4.78, 5) is 22.2. The Kier molecular flexibility index (Phi) is 7.21. The molecule has 4 nitrogen and oxygen atoms in total. The van der Waals surface area contributed by atoms with Crippen LogP contribution in [-0.4, -0.2) is 42.0 Å². The van der Waals surface area contributed by atoms with Gasteiger partial charge in [-0.05, 0) is 43.8 Å². The van der Waals surface area contributed by atoms with Crippen LogP contribution < -0.4 is 4.90 Å². The topological polar surface area (TPSA) is 36.4 Å². The van der Waals surface area contributed by atoms with E-state index in [9.17, 15) is 4.79 Å². The van der Waals surface area contributed by atoms with Crippen LogP contribution in [0.25, 0.3) is 10.2 Å². The number of likely N-dealkylation sites (N-methyl/N-ethyl adjacent to an activating group) is 1. The predicted molar refractivity (Wildman–Crippen MR) is 122 cm³/mol. The second-order valence-corrected chi connectivity index (χ2v) is 8.77. The summed E-state index contributed by atoms with van der Waals surface area (Å²) in [6.45, 7) is 9.79. The third kappa shape index (κ3) is 5.19. The van der Waals surface area contributed by atoms with Crippen molar-refractivity contribution in [2.75, 3.05) is 31.1 Å². The van der Waals surface area contributed by atoms with E-state index in [1.54, 1.807) is 11.3 Å². The maximum absolute atomic E-state index is 13.2. The Morgan fingerprint density at radius 3 is 2.61 bits per heavy atom. The molecule has 1 amide bonds. The van der Waals surface area contributed by atoms with Crippen LogP contribution in [0, 0.1) is 6.92 Å². The largest absolute Gasteiger partial charge is 0.302 e. The Balaban J connectivity index is 1.87. The summed E-state index contributed by atoms with van der Waals surface area (Å²) in [5.41, 5.74) is 3.14. The fourth-order valence-electron chi connectivity index (χ4n) is 3.20. The van der Waals surface area contributed by atoms with Crippen molar-refractivity contribution in [3.05, 3.63) is 58.1 Å². The first-order valence-corrected chi connectivity index (χ1v) is 11.3. The van der Waals surface area contributed by atoms with E-state index < -0.39 is 0 Å². The maximum Gasteiger partial charge on any atom is 0.233 e. The standard InChI is InChI=1S/C22H26BrN3OS/c1-4-25(5-2)11-12-26(21(27)14-17-8-6-7-16(3)13-17)22-24-19-10-9-18(23)15-20(19)28-22/h6-10,13,15H,4-5,11-12,14H2,1-3H3. The van der Waals surface area contributed by atoms with Crippen LogP contribution in [0.4, 0.5) is 5.13 Å². The third-order valence-electron chi connectivity index (χ3n) is 4.84. The van der Waals surface area contributed by atoms with Crippen molar-refractivity contribution in [1.29, 1.82) is 0 Å². The van der Waals surface area contributed by atoms with E-state index in [0.717, 1.165) is 45.0 Å². The van der Waals surface area contributed by atoms with Gasteiger partial charge in [-0.25, -0.2) is 4.98 Å². The van der Waals surface area contributed by atoms with Crippen molar-refractivity contribution >= 4 is 48.5 Å². The first-order chi connectivity index (χ1) is 13.5. The van der Waals surface area contributed by atoms with Crippen molar-refractivity contribution in [2.45, 2.75) is 27.2 Å². The highest BCUT2D eigenvalue weighted by molar-refractivity contribution is 9.10. The van der Waals surface area contributed by atoms with Crippen LogP contribution >= 0.6 is 27.3 Å². The van der Waals surface area contributed by atoms with Crippen molar-refractivity contribution in [1.82, 2.24) is 9.88 Å². The van der Waals surface area contributed by atoms with Gasteiger partial charge in [-0.15, -0.1) is 0 Å². The van der Waals surface area contributed by atoms with E-state index in [4.69, 9.17) is 4.98 Å². The molecule has 0 atom stereocenters. The molecule has 0 aliphatic rings. The molecule has 28 heavy (non-hydrogen) atoms. The summed E-state index contributed by atoms with van der Waals surface area (Å²) >= 11 is 5.09. The molecule has 0 saturated heterocycles. The van der Waals surface area contributed by atoms with Crippen LogP contribution in [0.3, 0.4) is 0 Å². The summed E-state index contributed by atoms with van der Waals surface area (Å²) in [6, 6.07) is 14.2. The zero-order valence-electron chi connectivity index (χ0n) is 16.6. The molecule has 0 saturated carbocycles. The molecule has 0 N–H and O–H groups in total. The molecule has 0 aliphatic heterocycles. The third-order valence-corrected chi connectivity index (χ3v) is 6.38. The lowest BCUT2D eigenvalue weighted by Gasteiger charge is -2.24. The number of carbonyl (C=O) groups excluding carboxylic acids is 1. The molecule has 148 valence electrons. The van der Waals surface area contributed by atoms with Gasteiger partial charge in [-0.3, -0.25) is 9.69 Å². The number of anilines is 1. The molecular formula is C22H26BrN3OS. The molecule has 1 aromatic heterocycles. The van der Waals surface area contributed by atoms with Crippen molar-refractivity contribution in [2.24, 2.45) is 0 Å². The van der Waals surface area contributed by atoms with Crippen LogP contribution in [0.5, 0.6) is 0 Å². The fourth-order valence-corrected chi connectivity index (χ4v) is 4.76. The average Bonchev–Trinajstić information content (AvgIpc) is 3.07. The molecule has 3 rings (SSSR count). The highest BCUT2D eigenvalue weighted by Crippen LogP contribution is 2.31. The molecule has 0 unspecified atom stereocenters. The monoisotopic (exact) mass is 459 g/mol. The molecular weight excluding hydrogens is 434 g/mol. The number of hydrogen-bond donors (Lipinski definition) is 0.